The summed E-state index contributed by atoms with van der Waals surface area (Å²) in [6.07, 6.45) is 7.57. The average molecular weight is 603 g/mol. The molecule has 1 aliphatic carbocycles. The number of carbonyl (C=O) groups is 1. The fourth-order valence-corrected chi connectivity index (χ4v) is 7.19. The second-order valence-electron chi connectivity index (χ2n) is 11.8. The second-order valence-corrected chi connectivity index (χ2v) is 12.7. The Morgan fingerprint density at radius 1 is 0.953 bits per heavy atom. The molecule has 0 radical (unpaired) electrons. The first-order chi connectivity index (χ1) is 21.1. The average Bonchev–Trinajstić information content (AvgIpc) is 3.53. The first-order valence-electron chi connectivity index (χ1n) is 15.7. The molecule has 1 N–H and O–H groups in total. The molecule has 6 rings (SSSR count). The lowest BCUT2D eigenvalue weighted by Crippen LogP contribution is -2.46. The highest BCUT2D eigenvalue weighted by molar-refractivity contribution is 7.17. The lowest BCUT2D eigenvalue weighted by molar-refractivity contribution is 0.112. The van der Waals surface area contributed by atoms with E-state index in [0.717, 1.165) is 63.8 Å². The van der Waals surface area contributed by atoms with Gasteiger partial charge in [0.1, 0.15) is 5.75 Å². The molecule has 1 aliphatic heterocycles. The van der Waals surface area contributed by atoms with Crippen molar-refractivity contribution in [3.8, 4) is 5.75 Å². The first kappa shape index (κ1) is 29.5. The van der Waals surface area contributed by atoms with E-state index >= 15 is 0 Å². The van der Waals surface area contributed by atoms with E-state index in [1.807, 2.05) is 18.2 Å². The lowest BCUT2D eigenvalue weighted by atomic mass is 9.89. The van der Waals surface area contributed by atoms with Crippen molar-refractivity contribution in [2.75, 3.05) is 50.8 Å². The van der Waals surface area contributed by atoms with Crippen LogP contribution in [0.1, 0.15) is 44.9 Å². The number of amides is 1. The van der Waals surface area contributed by atoms with Crippen molar-refractivity contribution in [3.05, 3.63) is 70.3 Å². The van der Waals surface area contributed by atoms with E-state index in [2.05, 4.69) is 44.8 Å². The molecule has 0 unspecified atom stereocenters. The summed E-state index contributed by atoms with van der Waals surface area (Å²) in [5, 5.41) is 7.31. The van der Waals surface area contributed by atoms with Gasteiger partial charge in [0.05, 0.1) is 12.1 Å². The molecule has 0 spiro atoms. The molecule has 2 aliphatic rings. The Bertz CT molecular complexity index is 1570. The number of ether oxygens (including phenoxy) is 2. The quantitative estimate of drug-likeness (QED) is 0.199. The van der Waals surface area contributed by atoms with Gasteiger partial charge in [0, 0.05) is 60.6 Å². The number of thiophene rings is 1. The number of fused-ring (bicyclic) bond motifs is 2. The number of pyridine rings is 1. The van der Waals surface area contributed by atoms with Crippen molar-refractivity contribution in [2.45, 2.75) is 51.7 Å². The standard InChI is InChI=1S/C34H42N4O4S/c39-33-14-12-27-11-13-28(23-31(27)38(33)25-42-34(40)35-24-26-7-2-1-3-8-26)41-21-5-4-16-36-17-19-37(20-18-36)30-9-6-10-32-29(30)15-22-43-32/h6,9-15,22-23,26H,1-5,7-8,16-21,24-25H2,(H,35,40). The Labute approximate surface area is 257 Å². The summed E-state index contributed by atoms with van der Waals surface area (Å²) in [7, 11) is 0. The predicted octanol–water partition coefficient (Wildman–Crippen LogP) is 6.46. The molecule has 9 heteroatoms. The molecule has 4 aromatic rings. The molecule has 2 aromatic heterocycles. The van der Waals surface area contributed by atoms with E-state index < -0.39 is 6.09 Å². The van der Waals surface area contributed by atoms with Gasteiger partial charge in [0.2, 0.25) is 0 Å². The van der Waals surface area contributed by atoms with Crippen LogP contribution in [0.3, 0.4) is 0 Å². The van der Waals surface area contributed by atoms with Crippen LogP contribution in [0.15, 0.2) is 64.8 Å². The fourth-order valence-electron chi connectivity index (χ4n) is 6.38. The number of nitrogens with zero attached hydrogens (tertiary/aromatic N) is 3. The summed E-state index contributed by atoms with van der Waals surface area (Å²) in [6.45, 7) is 6.43. The number of benzene rings is 2. The molecule has 2 aromatic carbocycles. The van der Waals surface area contributed by atoms with Gasteiger partial charge in [-0.1, -0.05) is 25.3 Å². The van der Waals surface area contributed by atoms with Crippen molar-refractivity contribution in [2.24, 2.45) is 5.92 Å². The maximum atomic E-state index is 12.7. The summed E-state index contributed by atoms with van der Waals surface area (Å²) < 4.78 is 14.4. The number of carbonyl (C=O) groups excluding carboxylic acids is 1. The molecule has 228 valence electrons. The van der Waals surface area contributed by atoms with Crippen LogP contribution >= 0.6 is 11.3 Å². The minimum Gasteiger partial charge on any atom is -0.494 e. The van der Waals surface area contributed by atoms with Gasteiger partial charge >= 0.3 is 6.09 Å². The van der Waals surface area contributed by atoms with Crippen LogP contribution in [0.4, 0.5) is 10.5 Å². The summed E-state index contributed by atoms with van der Waals surface area (Å²) in [6, 6.07) is 17.9. The maximum Gasteiger partial charge on any atom is 0.408 e. The highest BCUT2D eigenvalue weighted by Crippen LogP contribution is 2.31. The molecular weight excluding hydrogens is 560 g/mol. The largest absolute Gasteiger partial charge is 0.494 e. The molecule has 2 fully saturated rings. The molecule has 43 heavy (non-hydrogen) atoms. The van der Waals surface area contributed by atoms with E-state index in [9.17, 15) is 9.59 Å². The molecule has 0 atom stereocenters. The third-order valence-electron chi connectivity index (χ3n) is 8.87. The van der Waals surface area contributed by atoms with E-state index in [0.29, 0.717) is 30.3 Å². The van der Waals surface area contributed by atoms with Gasteiger partial charge in [0.25, 0.3) is 5.56 Å². The SMILES string of the molecule is O=C(NCC1CCCCC1)OCn1c(=O)ccc2ccc(OCCCCN3CCN(c4cccc5sccc45)CC3)cc21. The number of alkyl carbamates (subject to hydrolysis) is 1. The van der Waals surface area contributed by atoms with E-state index in [4.69, 9.17) is 9.47 Å². The molecule has 1 amide bonds. The van der Waals surface area contributed by atoms with Crippen LogP contribution in [-0.4, -0.2) is 61.4 Å². The van der Waals surface area contributed by atoms with Gasteiger partial charge in [-0.05, 0) is 85.3 Å². The van der Waals surface area contributed by atoms with Crippen molar-refractivity contribution < 1.29 is 14.3 Å². The van der Waals surface area contributed by atoms with Gasteiger partial charge in [-0.25, -0.2) is 4.79 Å². The Morgan fingerprint density at radius 3 is 2.65 bits per heavy atom. The Hall–Kier alpha value is -3.56. The molecule has 1 saturated carbocycles. The number of anilines is 1. The van der Waals surface area contributed by atoms with Crippen molar-refractivity contribution >= 4 is 44.1 Å². The Kier molecular flexibility index (Phi) is 9.80. The molecule has 1 saturated heterocycles. The fraction of sp³-hybridized carbons (Fsp3) is 0.471. The predicted molar refractivity (Wildman–Crippen MR) is 174 cm³/mol. The number of rotatable bonds is 11. The number of piperazine rings is 1. The maximum absolute atomic E-state index is 12.7. The zero-order valence-electron chi connectivity index (χ0n) is 24.8. The topological polar surface area (TPSA) is 76.0 Å². The van der Waals surface area contributed by atoms with Crippen LogP contribution in [0.5, 0.6) is 5.75 Å². The van der Waals surface area contributed by atoms with E-state index in [1.165, 1.54) is 45.7 Å². The molecule has 0 bridgehead atoms. The van der Waals surface area contributed by atoms with E-state index in [1.54, 1.807) is 17.4 Å². The second kappa shape index (κ2) is 14.3. The monoisotopic (exact) mass is 602 g/mol. The van der Waals surface area contributed by atoms with Gasteiger partial charge in [-0.3, -0.25) is 14.3 Å². The first-order valence-corrected chi connectivity index (χ1v) is 16.6. The smallest absolute Gasteiger partial charge is 0.408 e. The van der Waals surface area contributed by atoms with Crippen molar-refractivity contribution in [3.63, 3.8) is 0 Å². The van der Waals surface area contributed by atoms with Crippen molar-refractivity contribution in [1.82, 2.24) is 14.8 Å². The zero-order valence-corrected chi connectivity index (χ0v) is 25.7. The zero-order chi connectivity index (χ0) is 29.4. The highest BCUT2D eigenvalue weighted by Gasteiger charge is 2.19. The Morgan fingerprint density at radius 2 is 1.79 bits per heavy atom. The molecular formula is C34H42N4O4S. The number of aromatic nitrogens is 1. The minimum absolute atomic E-state index is 0.133. The van der Waals surface area contributed by atoms with Gasteiger partial charge in [0.15, 0.2) is 6.73 Å². The summed E-state index contributed by atoms with van der Waals surface area (Å²) in [4.78, 5) is 30.1. The Balaban J connectivity index is 0.944. The summed E-state index contributed by atoms with van der Waals surface area (Å²) in [5.41, 5.74) is 1.84. The van der Waals surface area contributed by atoms with Crippen LogP contribution < -0.4 is 20.5 Å². The summed E-state index contributed by atoms with van der Waals surface area (Å²) >= 11 is 1.81. The highest BCUT2D eigenvalue weighted by atomic mass is 32.1. The van der Waals surface area contributed by atoms with Gasteiger partial charge in [-0.2, -0.15) is 0 Å². The number of unbranched alkanes of at least 4 members (excludes halogenated alkanes) is 1. The van der Waals surface area contributed by atoms with Crippen LogP contribution in [-0.2, 0) is 11.5 Å². The summed E-state index contributed by atoms with van der Waals surface area (Å²) in [5.74, 6) is 1.23. The van der Waals surface area contributed by atoms with Crippen LogP contribution in [0.25, 0.3) is 21.0 Å². The lowest BCUT2D eigenvalue weighted by Gasteiger charge is -2.36. The normalized spacial score (nSPS) is 16.5. The van der Waals surface area contributed by atoms with Crippen LogP contribution in [0.2, 0.25) is 0 Å². The molecule has 8 nitrogen and oxygen atoms in total. The van der Waals surface area contributed by atoms with Gasteiger partial charge in [-0.15, -0.1) is 11.3 Å². The number of hydrogen-bond acceptors (Lipinski definition) is 7. The number of hydrogen-bond donors (Lipinski definition) is 1. The van der Waals surface area contributed by atoms with Gasteiger partial charge < -0.3 is 19.7 Å². The third kappa shape index (κ3) is 7.51. The number of nitrogens with one attached hydrogen (secondary N) is 1. The van der Waals surface area contributed by atoms with Crippen LogP contribution in [0, 0.1) is 5.92 Å². The van der Waals surface area contributed by atoms with E-state index in [-0.39, 0.29) is 12.3 Å². The minimum atomic E-state index is -0.483. The van der Waals surface area contributed by atoms with Crippen molar-refractivity contribution in [1.29, 1.82) is 0 Å². The third-order valence-corrected chi connectivity index (χ3v) is 9.75. The molecule has 3 heterocycles.